The second-order valence-electron chi connectivity index (χ2n) is 8.50. The zero-order chi connectivity index (χ0) is 22.6. The molecule has 0 aromatic heterocycles. The van der Waals surface area contributed by atoms with E-state index < -0.39 is 5.60 Å². The first-order chi connectivity index (χ1) is 16.1. The summed E-state index contributed by atoms with van der Waals surface area (Å²) in [4.78, 5) is 15.0. The highest BCUT2D eigenvalue weighted by molar-refractivity contribution is 5.97. The van der Waals surface area contributed by atoms with Crippen LogP contribution in [-0.2, 0) is 10.3 Å². The summed E-state index contributed by atoms with van der Waals surface area (Å²) in [5.74, 6) is 1.02. The highest BCUT2D eigenvalue weighted by Crippen LogP contribution is 2.57. The molecule has 33 heavy (non-hydrogen) atoms. The van der Waals surface area contributed by atoms with Crippen LogP contribution in [-0.4, -0.2) is 20.1 Å². The van der Waals surface area contributed by atoms with Crippen LogP contribution in [0.15, 0.2) is 91.0 Å². The lowest BCUT2D eigenvalue weighted by atomic mass is 9.77. The summed E-state index contributed by atoms with van der Waals surface area (Å²) >= 11 is 0. The minimum atomic E-state index is -1.07. The molecule has 5 heteroatoms. The number of nitrogens with zero attached hydrogens (tertiary/aromatic N) is 1. The molecule has 2 aliphatic heterocycles. The third-order valence-electron chi connectivity index (χ3n) is 6.27. The summed E-state index contributed by atoms with van der Waals surface area (Å²) in [6.45, 7) is 0. The van der Waals surface area contributed by atoms with Crippen molar-refractivity contribution in [2.75, 3.05) is 24.3 Å². The van der Waals surface area contributed by atoms with E-state index in [0.717, 1.165) is 33.8 Å². The number of benzene rings is 4. The van der Waals surface area contributed by atoms with Gasteiger partial charge in [0, 0.05) is 53.9 Å². The second kappa shape index (κ2) is 7.14. The van der Waals surface area contributed by atoms with Crippen LogP contribution in [0.25, 0.3) is 0 Å². The van der Waals surface area contributed by atoms with Gasteiger partial charge in [0.2, 0.25) is 0 Å². The number of hydrogen-bond acceptors (Lipinski definition) is 5. The number of rotatable bonds is 3. The Kier molecular flexibility index (Phi) is 4.20. The maximum atomic E-state index is 13.0. The highest BCUT2D eigenvalue weighted by Gasteiger charge is 2.53. The van der Waals surface area contributed by atoms with Crippen molar-refractivity contribution in [1.29, 1.82) is 0 Å². The van der Waals surface area contributed by atoms with Crippen molar-refractivity contribution in [2.24, 2.45) is 0 Å². The average molecular weight is 434 g/mol. The number of carbonyl (C=O) groups is 1. The van der Waals surface area contributed by atoms with Crippen LogP contribution in [0.3, 0.4) is 0 Å². The second-order valence-corrected chi connectivity index (χ2v) is 8.50. The first kappa shape index (κ1) is 19.4. The standard InChI is InChI=1S/C28H22N2O3/c1-30(2)20-13-14-23-26(17-20)32-25-15-12-19(29-18-8-4-3-5-9-18)16-24(25)28(23)22-11-7-6-10-21(22)27(31)33-28/h3-17,29H,1-2H3. The SMILES string of the molecule is CN(C)c1ccc2c(c1)Oc1ccc(Nc3ccccc3)cc1C21OC(=O)c2ccccc21. The summed E-state index contributed by atoms with van der Waals surface area (Å²) in [6.07, 6.45) is 0. The van der Waals surface area contributed by atoms with Crippen LogP contribution in [0, 0.1) is 0 Å². The lowest BCUT2D eigenvalue weighted by Gasteiger charge is -2.37. The summed E-state index contributed by atoms with van der Waals surface area (Å²) in [5, 5.41) is 3.44. The van der Waals surface area contributed by atoms with Crippen LogP contribution in [0.2, 0.25) is 0 Å². The number of ether oxygens (including phenoxy) is 2. The first-order valence-electron chi connectivity index (χ1n) is 10.9. The Labute approximate surface area is 192 Å². The fraction of sp³-hybridized carbons (Fsp3) is 0.107. The smallest absolute Gasteiger partial charge is 0.340 e. The van der Waals surface area contributed by atoms with Gasteiger partial charge < -0.3 is 19.7 Å². The van der Waals surface area contributed by atoms with Crippen LogP contribution in [0.5, 0.6) is 11.5 Å². The Morgan fingerprint density at radius 3 is 2.33 bits per heavy atom. The van der Waals surface area contributed by atoms with E-state index >= 15 is 0 Å². The van der Waals surface area contributed by atoms with Crippen LogP contribution >= 0.6 is 0 Å². The largest absolute Gasteiger partial charge is 0.456 e. The maximum Gasteiger partial charge on any atom is 0.340 e. The third kappa shape index (κ3) is 2.89. The van der Waals surface area contributed by atoms with Crippen molar-refractivity contribution < 1.29 is 14.3 Å². The predicted molar refractivity (Wildman–Crippen MR) is 129 cm³/mol. The quantitative estimate of drug-likeness (QED) is 0.397. The Hall–Kier alpha value is -4.25. The summed E-state index contributed by atoms with van der Waals surface area (Å²) in [5.41, 5.74) is 4.81. The normalized spacial score (nSPS) is 17.5. The molecule has 2 aliphatic rings. The summed E-state index contributed by atoms with van der Waals surface area (Å²) in [7, 11) is 3.97. The summed E-state index contributed by atoms with van der Waals surface area (Å²) in [6, 6.07) is 29.5. The predicted octanol–water partition coefficient (Wildman–Crippen LogP) is 6.06. The number of hydrogen-bond donors (Lipinski definition) is 1. The van der Waals surface area contributed by atoms with Crippen molar-refractivity contribution in [3.63, 3.8) is 0 Å². The van der Waals surface area contributed by atoms with Gasteiger partial charge in [0.15, 0.2) is 5.60 Å². The van der Waals surface area contributed by atoms with Gasteiger partial charge in [-0.2, -0.15) is 0 Å². The van der Waals surface area contributed by atoms with E-state index in [-0.39, 0.29) is 5.97 Å². The molecule has 4 aromatic carbocycles. The molecule has 0 saturated heterocycles. The van der Waals surface area contributed by atoms with Crippen molar-refractivity contribution in [1.82, 2.24) is 0 Å². The van der Waals surface area contributed by atoms with Gasteiger partial charge in [0.1, 0.15) is 11.5 Å². The minimum Gasteiger partial charge on any atom is -0.456 e. The van der Waals surface area contributed by atoms with E-state index in [4.69, 9.17) is 9.47 Å². The molecule has 4 aromatic rings. The Bertz CT molecular complexity index is 1400. The number of para-hydroxylation sites is 1. The van der Waals surface area contributed by atoms with Crippen LogP contribution < -0.4 is 15.0 Å². The molecule has 5 nitrogen and oxygen atoms in total. The minimum absolute atomic E-state index is 0.331. The molecule has 1 spiro atoms. The van der Waals surface area contributed by atoms with Crippen LogP contribution in [0.1, 0.15) is 27.0 Å². The monoisotopic (exact) mass is 434 g/mol. The highest BCUT2D eigenvalue weighted by atomic mass is 16.6. The van der Waals surface area contributed by atoms with E-state index in [0.29, 0.717) is 17.1 Å². The van der Waals surface area contributed by atoms with E-state index in [1.165, 1.54) is 0 Å². The van der Waals surface area contributed by atoms with E-state index in [2.05, 4.69) is 5.32 Å². The van der Waals surface area contributed by atoms with E-state index in [1.807, 2.05) is 110 Å². The lowest BCUT2D eigenvalue weighted by molar-refractivity contribution is 0.0224. The number of anilines is 3. The molecule has 162 valence electrons. The topological polar surface area (TPSA) is 50.8 Å². The molecule has 0 radical (unpaired) electrons. The fourth-order valence-corrected chi connectivity index (χ4v) is 4.71. The maximum absolute atomic E-state index is 13.0. The van der Waals surface area contributed by atoms with Gasteiger partial charge in [-0.25, -0.2) is 4.79 Å². The van der Waals surface area contributed by atoms with Gasteiger partial charge in [0.05, 0.1) is 5.56 Å². The van der Waals surface area contributed by atoms with Gasteiger partial charge in [-0.1, -0.05) is 36.4 Å². The molecule has 1 N–H and O–H groups in total. The molecule has 6 rings (SSSR count). The molecule has 0 fully saturated rings. The number of fused-ring (bicyclic) bond motifs is 6. The third-order valence-corrected chi connectivity index (χ3v) is 6.27. The van der Waals surface area contributed by atoms with Gasteiger partial charge in [0.25, 0.3) is 0 Å². The molecule has 0 amide bonds. The van der Waals surface area contributed by atoms with Gasteiger partial charge in [-0.15, -0.1) is 0 Å². The lowest BCUT2D eigenvalue weighted by Crippen LogP contribution is -2.33. The molecule has 2 heterocycles. The molecule has 0 saturated carbocycles. The first-order valence-corrected chi connectivity index (χ1v) is 10.9. The van der Waals surface area contributed by atoms with Gasteiger partial charge >= 0.3 is 5.97 Å². The average Bonchev–Trinajstić information content (AvgIpc) is 3.13. The number of esters is 1. The fourth-order valence-electron chi connectivity index (χ4n) is 4.71. The molecule has 1 unspecified atom stereocenters. The Morgan fingerprint density at radius 2 is 1.52 bits per heavy atom. The van der Waals surface area contributed by atoms with E-state index in [9.17, 15) is 4.79 Å². The van der Waals surface area contributed by atoms with Crippen molar-refractivity contribution >= 4 is 23.0 Å². The molecule has 1 atom stereocenters. The van der Waals surface area contributed by atoms with Crippen molar-refractivity contribution in [2.45, 2.75) is 5.60 Å². The molecular formula is C28H22N2O3. The zero-order valence-corrected chi connectivity index (χ0v) is 18.3. The van der Waals surface area contributed by atoms with Gasteiger partial charge in [-0.05, 0) is 48.5 Å². The molecular weight excluding hydrogens is 412 g/mol. The number of nitrogens with one attached hydrogen (secondary N) is 1. The molecule has 0 aliphatic carbocycles. The summed E-state index contributed by atoms with van der Waals surface area (Å²) < 4.78 is 12.6. The van der Waals surface area contributed by atoms with Gasteiger partial charge in [-0.3, -0.25) is 0 Å². The number of carbonyl (C=O) groups excluding carboxylic acids is 1. The van der Waals surface area contributed by atoms with Crippen molar-refractivity contribution in [3.8, 4) is 11.5 Å². The Balaban J connectivity index is 1.58. The zero-order valence-electron chi connectivity index (χ0n) is 18.3. The van der Waals surface area contributed by atoms with Crippen LogP contribution in [0.4, 0.5) is 17.1 Å². The van der Waals surface area contributed by atoms with Crippen molar-refractivity contribution in [3.05, 3.63) is 113 Å². The van der Waals surface area contributed by atoms with E-state index in [1.54, 1.807) is 0 Å². The molecule has 0 bridgehead atoms. The Morgan fingerprint density at radius 1 is 0.727 bits per heavy atom.